The molecular weight excluding hydrogens is 416 g/mol. The van der Waals surface area contributed by atoms with Gasteiger partial charge in [0.15, 0.2) is 5.54 Å². The van der Waals surface area contributed by atoms with Crippen molar-refractivity contribution in [1.29, 1.82) is 0 Å². The second-order valence-electron chi connectivity index (χ2n) is 7.91. The van der Waals surface area contributed by atoms with Gasteiger partial charge >= 0.3 is 6.03 Å². The van der Waals surface area contributed by atoms with Gasteiger partial charge in [0, 0.05) is 24.7 Å². The van der Waals surface area contributed by atoms with Crippen LogP contribution in [-0.2, 0) is 21.7 Å². The number of nitrogens with one attached hydrogen (secondary N) is 2. The van der Waals surface area contributed by atoms with Crippen LogP contribution in [-0.4, -0.2) is 27.4 Å². The molecule has 0 aliphatic carbocycles. The highest BCUT2D eigenvalue weighted by Crippen LogP contribution is 2.35. The van der Waals surface area contributed by atoms with Crippen LogP contribution in [0.3, 0.4) is 0 Å². The molecule has 164 valence electrons. The molecule has 0 spiro atoms. The second kappa shape index (κ2) is 8.27. The van der Waals surface area contributed by atoms with Gasteiger partial charge in [-0.1, -0.05) is 78.9 Å². The summed E-state index contributed by atoms with van der Waals surface area (Å²) in [6.45, 7) is 0.422. The maximum Gasteiger partial charge on any atom is 0.344 e. The van der Waals surface area contributed by atoms with Crippen LogP contribution in [0.4, 0.5) is 4.79 Å². The zero-order valence-corrected chi connectivity index (χ0v) is 17.8. The molecule has 7 nitrogen and oxygen atoms in total. The van der Waals surface area contributed by atoms with Gasteiger partial charge < -0.3 is 9.88 Å². The largest absolute Gasteiger partial charge is 0.347 e. The van der Waals surface area contributed by atoms with E-state index in [1.54, 1.807) is 24.3 Å². The fourth-order valence-electron chi connectivity index (χ4n) is 4.30. The number of aryl methyl sites for hydroxylation is 1. The molecule has 2 N–H and O–H groups in total. The third-order valence-corrected chi connectivity index (χ3v) is 5.93. The van der Waals surface area contributed by atoms with Crippen molar-refractivity contribution in [2.75, 3.05) is 0 Å². The summed E-state index contributed by atoms with van der Waals surface area (Å²) < 4.78 is 1.97. The number of fused-ring (bicyclic) bond motifs is 1. The van der Waals surface area contributed by atoms with Crippen LogP contribution in [0.25, 0.3) is 10.9 Å². The highest BCUT2D eigenvalue weighted by Gasteiger charge is 2.54. The van der Waals surface area contributed by atoms with Gasteiger partial charge in [0.2, 0.25) is 5.91 Å². The first-order chi connectivity index (χ1) is 16.1. The minimum atomic E-state index is -1.41. The van der Waals surface area contributed by atoms with Crippen molar-refractivity contribution in [3.8, 4) is 0 Å². The Bertz CT molecular complexity index is 1290. The molecular formula is C26H22N4O3. The van der Waals surface area contributed by atoms with E-state index in [0.717, 1.165) is 15.9 Å². The zero-order valence-electron chi connectivity index (χ0n) is 17.8. The molecule has 1 aromatic heterocycles. The van der Waals surface area contributed by atoms with Crippen molar-refractivity contribution in [2.45, 2.75) is 18.5 Å². The van der Waals surface area contributed by atoms with E-state index in [1.807, 2.05) is 77.5 Å². The van der Waals surface area contributed by atoms with Crippen LogP contribution < -0.4 is 10.7 Å². The fraction of sp³-hybridized carbons (Fsp3) is 0.115. The average molecular weight is 438 g/mol. The number of nitrogens with zero attached hydrogens (tertiary/aromatic N) is 2. The van der Waals surface area contributed by atoms with Crippen molar-refractivity contribution >= 4 is 28.7 Å². The van der Waals surface area contributed by atoms with Crippen molar-refractivity contribution in [1.82, 2.24) is 20.3 Å². The van der Waals surface area contributed by atoms with Crippen molar-refractivity contribution in [3.63, 3.8) is 0 Å². The molecule has 5 rings (SSSR count). The van der Waals surface area contributed by atoms with E-state index < -0.39 is 23.4 Å². The van der Waals surface area contributed by atoms with Crippen molar-refractivity contribution in [3.05, 3.63) is 108 Å². The van der Waals surface area contributed by atoms with E-state index >= 15 is 0 Å². The summed E-state index contributed by atoms with van der Waals surface area (Å²) in [5, 5.41) is 4.69. The molecule has 1 fully saturated rings. The van der Waals surface area contributed by atoms with Gasteiger partial charge in [-0.2, -0.15) is 5.01 Å². The van der Waals surface area contributed by atoms with Crippen LogP contribution in [0.5, 0.6) is 0 Å². The number of rotatable bonds is 6. The molecule has 1 aliphatic heterocycles. The summed E-state index contributed by atoms with van der Waals surface area (Å²) in [7, 11) is 0. The lowest BCUT2D eigenvalue weighted by Gasteiger charge is -2.27. The van der Waals surface area contributed by atoms with E-state index in [1.165, 1.54) is 0 Å². The molecule has 0 saturated carbocycles. The minimum Gasteiger partial charge on any atom is -0.347 e. The van der Waals surface area contributed by atoms with Gasteiger partial charge in [-0.3, -0.25) is 15.0 Å². The predicted octanol–water partition coefficient (Wildman–Crippen LogP) is 3.56. The van der Waals surface area contributed by atoms with Crippen LogP contribution >= 0.6 is 0 Å². The molecule has 1 aliphatic rings. The molecule has 0 bridgehead atoms. The second-order valence-corrected chi connectivity index (χ2v) is 7.91. The van der Waals surface area contributed by atoms with Gasteiger partial charge in [0.25, 0.3) is 5.91 Å². The normalized spacial score (nSPS) is 15.0. The first-order valence-electron chi connectivity index (χ1n) is 10.7. The summed E-state index contributed by atoms with van der Waals surface area (Å²) in [6.07, 6.45) is 2.03. The molecule has 0 radical (unpaired) electrons. The first-order valence-corrected chi connectivity index (χ1v) is 10.7. The number of amides is 4. The van der Waals surface area contributed by atoms with Crippen molar-refractivity contribution in [2.24, 2.45) is 0 Å². The third-order valence-electron chi connectivity index (χ3n) is 5.93. The smallest absolute Gasteiger partial charge is 0.344 e. The Morgan fingerprint density at radius 2 is 1.42 bits per heavy atom. The number of hydrogen-bond acceptors (Lipinski definition) is 3. The number of para-hydroxylation sites is 1. The molecule has 0 unspecified atom stereocenters. The lowest BCUT2D eigenvalue weighted by atomic mass is 9.83. The Hall–Kier alpha value is -4.39. The monoisotopic (exact) mass is 438 g/mol. The Morgan fingerprint density at radius 3 is 2.09 bits per heavy atom. The molecule has 2 heterocycles. The van der Waals surface area contributed by atoms with Crippen molar-refractivity contribution < 1.29 is 14.4 Å². The number of aromatic nitrogens is 1. The van der Waals surface area contributed by atoms with Gasteiger partial charge in [-0.15, -0.1) is 0 Å². The average Bonchev–Trinajstić information content (AvgIpc) is 3.38. The SMILES string of the molecule is O=C(CCn1ccc2ccccc21)NN1C(=O)NC(c2ccccc2)(c2ccccc2)C1=O. The van der Waals surface area contributed by atoms with Crippen LogP contribution in [0, 0.1) is 0 Å². The molecule has 3 aromatic carbocycles. The number of urea groups is 1. The van der Waals surface area contributed by atoms with E-state index in [-0.39, 0.29) is 6.42 Å². The molecule has 33 heavy (non-hydrogen) atoms. The predicted molar refractivity (Wildman–Crippen MR) is 124 cm³/mol. The van der Waals surface area contributed by atoms with E-state index in [4.69, 9.17) is 0 Å². The zero-order chi connectivity index (χ0) is 22.8. The number of hydrogen-bond donors (Lipinski definition) is 2. The lowest BCUT2D eigenvalue weighted by molar-refractivity contribution is -0.138. The maximum absolute atomic E-state index is 13.6. The topological polar surface area (TPSA) is 83.4 Å². The van der Waals surface area contributed by atoms with Crippen LogP contribution in [0.2, 0.25) is 0 Å². The molecule has 4 amide bonds. The fourth-order valence-corrected chi connectivity index (χ4v) is 4.30. The summed E-state index contributed by atoms with van der Waals surface area (Å²) >= 11 is 0. The Labute approximate surface area is 190 Å². The number of benzene rings is 3. The maximum atomic E-state index is 13.6. The molecule has 0 atom stereocenters. The molecule has 4 aromatic rings. The molecule has 1 saturated heterocycles. The summed E-state index contributed by atoms with van der Waals surface area (Å²) in [5.41, 5.74) is 3.34. The van der Waals surface area contributed by atoms with Gasteiger partial charge in [-0.05, 0) is 28.6 Å². The number of carbonyl (C=O) groups excluding carboxylic acids is 3. The summed E-state index contributed by atoms with van der Waals surface area (Å²) in [6, 6.07) is 27.3. The minimum absolute atomic E-state index is 0.111. The van der Waals surface area contributed by atoms with E-state index in [0.29, 0.717) is 17.7 Å². The quantitative estimate of drug-likeness (QED) is 0.452. The Balaban J connectivity index is 1.37. The standard InChI is InChI=1S/C26H22N4O3/c31-23(16-18-29-17-15-19-9-7-8-14-22(19)29)28-30-24(32)26(27-25(30)33,20-10-3-1-4-11-20)21-12-5-2-6-13-21/h1-15,17H,16,18H2,(H,27,33)(H,28,31). The lowest BCUT2D eigenvalue weighted by Crippen LogP contribution is -2.49. The highest BCUT2D eigenvalue weighted by molar-refractivity contribution is 6.10. The Kier molecular flexibility index (Phi) is 5.14. The van der Waals surface area contributed by atoms with Gasteiger partial charge in [0.05, 0.1) is 0 Å². The third kappa shape index (κ3) is 3.53. The van der Waals surface area contributed by atoms with Crippen LogP contribution in [0.15, 0.2) is 97.2 Å². The summed E-state index contributed by atoms with van der Waals surface area (Å²) in [5.74, 6) is -0.974. The van der Waals surface area contributed by atoms with Gasteiger partial charge in [-0.25, -0.2) is 4.79 Å². The molecule has 7 heteroatoms. The number of imide groups is 1. The summed E-state index contributed by atoms with van der Waals surface area (Å²) in [4.78, 5) is 39.2. The van der Waals surface area contributed by atoms with E-state index in [9.17, 15) is 14.4 Å². The number of carbonyl (C=O) groups is 3. The Morgan fingerprint density at radius 1 is 0.818 bits per heavy atom. The number of hydrazine groups is 1. The van der Waals surface area contributed by atoms with Gasteiger partial charge in [0.1, 0.15) is 0 Å². The van der Waals surface area contributed by atoms with E-state index in [2.05, 4.69) is 10.7 Å². The first kappa shape index (κ1) is 20.5. The van der Waals surface area contributed by atoms with Crippen LogP contribution in [0.1, 0.15) is 17.5 Å². The highest BCUT2D eigenvalue weighted by atomic mass is 16.2.